The molecule has 0 spiro atoms. The number of aromatic nitrogens is 2. The van der Waals surface area contributed by atoms with E-state index < -0.39 is 5.97 Å². The number of aryl methyl sites for hydroxylation is 2. The molecule has 0 fully saturated rings. The van der Waals surface area contributed by atoms with E-state index in [4.69, 9.17) is 5.11 Å². The Morgan fingerprint density at radius 1 is 1.41 bits per heavy atom. The first-order valence-corrected chi connectivity index (χ1v) is 5.37. The summed E-state index contributed by atoms with van der Waals surface area (Å²) in [6, 6.07) is 6.24. The summed E-state index contributed by atoms with van der Waals surface area (Å²) in [4.78, 5) is 14.5. The fourth-order valence-electron chi connectivity index (χ4n) is 1.72. The second-order valence-electron chi connectivity index (χ2n) is 4.17. The molecule has 2 rings (SSSR count). The second kappa shape index (κ2) is 4.41. The van der Waals surface area contributed by atoms with Crippen LogP contribution in [0, 0.1) is 13.8 Å². The van der Waals surface area contributed by atoms with Gasteiger partial charge >= 0.3 is 5.97 Å². The van der Waals surface area contributed by atoms with E-state index in [0.29, 0.717) is 6.54 Å². The van der Waals surface area contributed by atoms with Crippen molar-refractivity contribution in [3.05, 3.63) is 53.1 Å². The van der Waals surface area contributed by atoms with Crippen molar-refractivity contribution in [2.75, 3.05) is 0 Å². The van der Waals surface area contributed by atoms with E-state index in [1.165, 1.54) is 16.7 Å². The number of carboxylic acids is 1. The van der Waals surface area contributed by atoms with Crippen molar-refractivity contribution in [3.8, 4) is 0 Å². The van der Waals surface area contributed by atoms with Gasteiger partial charge in [-0.1, -0.05) is 23.8 Å². The summed E-state index contributed by atoms with van der Waals surface area (Å²) in [6.07, 6.45) is 3.09. The van der Waals surface area contributed by atoms with Crippen LogP contribution in [0.4, 0.5) is 0 Å². The third-order valence-electron chi connectivity index (χ3n) is 2.71. The van der Waals surface area contributed by atoms with Gasteiger partial charge in [-0.2, -0.15) is 0 Å². The average Bonchev–Trinajstić information content (AvgIpc) is 2.72. The Labute approximate surface area is 99.5 Å². The predicted molar refractivity (Wildman–Crippen MR) is 64.2 cm³/mol. The lowest BCUT2D eigenvalue weighted by Gasteiger charge is -2.07. The van der Waals surface area contributed by atoms with Gasteiger partial charge in [0.25, 0.3) is 0 Å². The van der Waals surface area contributed by atoms with E-state index in [0.717, 1.165) is 0 Å². The zero-order chi connectivity index (χ0) is 12.4. The predicted octanol–water partition coefficient (Wildman–Crippen LogP) is 2.25. The topological polar surface area (TPSA) is 55.1 Å². The fourth-order valence-corrected chi connectivity index (χ4v) is 1.72. The van der Waals surface area contributed by atoms with Gasteiger partial charge in [0.15, 0.2) is 5.69 Å². The molecule has 0 aliphatic carbocycles. The number of carboxylic acid groups (broad SMARTS) is 1. The van der Waals surface area contributed by atoms with Crippen molar-refractivity contribution in [1.82, 2.24) is 9.55 Å². The lowest BCUT2D eigenvalue weighted by molar-refractivity contribution is 0.0691. The molecule has 17 heavy (non-hydrogen) atoms. The Bertz CT molecular complexity index is 558. The molecule has 1 heterocycles. The van der Waals surface area contributed by atoms with E-state index in [9.17, 15) is 4.79 Å². The van der Waals surface area contributed by atoms with Crippen LogP contribution in [0.5, 0.6) is 0 Å². The maximum absolute atomic E-state index is 10.7. The van der Waals surface area contributed by atoms with E-state index >= 15 is 0 Å². The Balaban J connectivity index is 2.25. The van der Waals surface area contributed by atoms with Crippen LogP contribution in [0.15, 0.2) is 30.7 Å². The summed E-state index contributed by atoms with van der Waals surface area (Å²) in [5.74, 6) is -0.996. The minimum Gasteiger partial charge on any atom is -0.476 e. The molecule has 0 atom stereocenters. The lowest BCUT2D eigenvalue weighted by Crippen LogP contribution is -2.00. The first-order valence-electron chi connectivity index (χ1n) is 5.37. The average molecular weight is 230 g/mol. The van der Waals surface area contributed by atoms with E-state index in [1.54, 1.807) is 17.1 Å². The van der Waals surface area contributed by atoms with Gasteiger partial charge in [0.05, 0.1) is 6.33 Å². The van der Waals surface area contributed by atoms with E-state index in [1.807, 2.05) is 13.8 Å². The molecule has 88 valence electrons. The van der Waals surface area contributed by atoms with E-state index in [-0.39, 0.29) is 5.69 Å². The number of hydrogen-bond donors (Lipinski definition) is 1. The van der Waals surface area contributed by atoms with Crippen molar-refractivity contribution in [2.45, 2.75) is 20.4 Å². The number of hydrogen-bond acceptors (Lipinski definition) is 2. The van der Waals surface area contributed by atoms with Crippen LogP contribution in [-0.4, -0.2) is 20.6 Å². The Morgan fingerprint density at radius 3 is 2.82 bits per heavy atom. The Kier molecular flexibility index (Phi) is 2.95. The summed E-state index contributed by atoms with van der Waals surface area (Å²) in [5, 5.41) is 8.79. The standard InChI is InChI=1S/C13H14N2O2/c1-9-3-4-10(2)11(5-9)6-15-7-12(13(16)17)14-8-15/h3-5,7-8H,6H2,1-2H3,(H,16,17). The quantitative estimate of drug-likeness (QED) is 0.879. The van der Waals surface area contributed by atoms with Gasteiger partial charge in [0.1, 0.15) is 0 Å². The molecule has 1 aromatic heterocycles. The normalized spacial score (nSPS) is 10.5. The number of benzene rings is 1. The van der Waals surface area contributed by atoms with Gasteiger partial charge in [-0.3, -0.25) is 0 Å². The van der Waals surface area contributed by atoms with Gasteiger partial charge in [-0.05, 0) is 25.0 Å². The van der Waals surface area contributed by atoms with Crippen LogP contribution >= 0.6 is 0 Å². The molecular formula is C13H14N2O2. The van der Waals surface area contributed by atoms with Crippen LogP contribution in [0.2, 0.25) is 0 Å². The van der Waals surface area contributed by atoms with Crippen molar-refractivity contribution in [1.29, 1.82) is 0 Å². The molecule has 0 amide bonds. The Morgan fingerprint density at radius 2 is 2.18 bits per heavy atom. The molecule has 1 N–H and O–H groups in total. The van der Waals surface area contributed by atoms with Crippen molar-refractivity contribution in [3.63, 3.8) is 0 Å². The minimum atomic E-state index is -0.996. The fraction of sp³-hybridized carbons (Fsp3) is 0.231. The summed E-state index contributed by atoms with van der Waals surface area (Å²) in [6.45, 7) is 4.73. The maximum atomic E-state index is 10.7. The summed E-state index contributed by atoms with van der Waals surface area (Å²) in [5.41, 5.74) is 3.65. The monoisotopic (exact) mass is 230 g/mol. The third kappa shape index (κ3) is 2.53. The largest absolute Gasteiger partial charge is 0.476 e. The molecular weight excluding hydrogens is 216 g/mol. The first kappa shape index (κ1) is 11.4. The van der Waals surface area contributed by atoms with Gasteiger partial charge in [0.2, 0.25) is 0 Å². The smallest absolute Gasteiger partial charge is 0.356 e. The van der Waals surface area contributed by atoms with E-state index in [2.05, 4.69) is 23.2 Å². The zero-order valence-corrected chi connectivity index (χ0v) is 9.84. The maximum Gasteiger partial charge on any atom is 0.356 e. The van der Waals surface area contributed by atoms with Gasteiger partial charge in [0, 0.05) is 12.7 Å². The van der Waals surface area contributed by atoms with Crippen molar-refractivity contribution >= 4 is 5.97 Å². The molecule has 1 aromatic carbocycles. The van der Waals surface area contributed by atoms with Gasteiger partial charge in [-0.25, -0.2) is 9.78 Å². The van der Waals surface area contributed by atoms with Crippen molar-refractivity contribution in [2.24, 2.45) is 0 Å². The van der Waals surface area contributed by atoms with Crippen molar-refractivity contribution < 1.29 is 9.90 Å². The highest BCUT2D eigenvalue weighted by atomic mass is 16.4. The number of rotatable bonds is 3. The highest BCUT2D eigenvalue weighted by molar-refractivity contribution is 5.84. The number of aromatic carboxylic acids is 1. The van der Waals surface area contributed by atoms with Crippen LogP contribution in [0.1, 0.15) is 27.2 Å². The zero-order valence-electron chi connectivity index (χ0n) is 9.84. The lowest BCUT2D eigenvalue weighted by atomic mass is 10.1. The summed E-state index contributed by atoms with van der Waals surface area (Å²) < 4.78 is 1.78. The van der Waals surface area contributed by atoms with Gasteiger partial charge < -0.3 is 9.67 Å². The van der Waals surface area contributed by atoms with Crippen LogP contribution in [0.25, 0.3) is 0 Å². The molecule has 0 bridgehead atoms. The minimum absolute atomic E-state index is 0.0790. The molecule has 4 nitrogen and oxygen atoms in total. The van der Waals surface area contributed by atoms with Gasteiger partial charge in [-0.15, -0.1) is 0 Å². The summed E-state index contributed by atoms with van der Waals surface area (Å²) >= 11 is 0. The molecule has 4 heteroatoms. The first-order chi connectivity index (χ1) is 8.06. The summed E-state index contributed by atoms with van der Waals surface area (Å²) in [7, 11) is 0. The number of nitrogens with zero attached hydrogens (tertiary/aromatic N) is 2. The highest BCUT2D eigenvalue weighted by Crippen LogP contribution is 2.12. The molecule has 0 aliphatic rings. The Hall–Kier alpha value is -2.10. The number of imidazole rings is 1. The van der Waals surface area contributed by atoms with Crippen LogP contribution in [-0.2, 0) is 6.54 Å². The second-order valence-corrected chi connectivity index (χ2v) is 4.17. The van der Waals surface area contributed by atoms with Crippen LogP contribution < -0.4 is 0 Å². The number of carbonyl (C=O) groups is 1. The highest BCUT2D eigenvalue weighted by Gasteiger charge is 2.07. The molecule has 0 aliphatic heterocycles. The third-order valence-corrected chi connectivity index (χ3v) is 2.71. The molecule has 0 saturated carbocycles. The van der Waals surface area contributed by atoms with Crippen LogP contribution in [0.3, 0.4) is 0 Å². The molecule has 0 unspecified atom stereocenters. The molecule has 0 radical (unpaired) electrons. The molecule has 2 aromatic rings. The molecule has 0 saturated heterocycles. The SMILES string of the molecule is Cc1ccc(C)c(Cn2cnc(C(=O)O)c2)c1.